The van der Waals surface area contributed by atoms with Crippen molar-refractivity contribution in [1.29, 1.82) is 0 Å². The molecule has 0 aromatic carbocycles. The van der Waals surface area contributed by atoms with Gasteiger partial charge in [0.1, 0.15) is 0 Å². The van der Waals surface area contributed by atoms with Crippen molar-refractivity contribution in [3.63, 3.8) is 0 Å². The first kappa shape index (κ1) is 6.08. The molecule has 1 heterocycles. The predicted octanol–water partition coefficient (Wildman–Crippen LogP) is 0.681. The van der Waals surface area contributed by atoms with E-state index in [1.165, 1.54) is 0 Å². The Balaban J connectivity index is 0.000000360. The summed E-state index contributed by atoms with van der Waals surface area (Å²) in [6.07, 6.45) is 6.56. The van der Waals surface area contributed by atoms with E-state index < -0.39 is 0 Å². The van der Waals surface area contributed by atoms with Gasteiger partial charge in [-0.15, -0.1) is 0 Å². The molecule has 35 valence electrons. The fourth-order valence-electron chi connectivity index (χ4n) is 0.253. The summed E-state index contributed by atoms with van der Waals surface area (Å²) in [6.45, 7) is 0. The number of rotatable bonds is 0. The van der Waals surface area contributed by atoms with E-state index in [0.717, 1.165) is 0 Å². The molecule has 2 nitrogen and oxygen atoms in total. The Bertz CT molecular complexity index is 78.0. The molecule has 0 saturated heterocycles. The van der Waals surface area contributed by atoms with Crippen LogP contribution in [0.15, 0.2) is 24.8 Å². The van der Waals surface area contributed by atoms with Gasteiger partial charge in [0.15, 0.2) is 0 Å². The molecule has 0 unspecified atom stereocenters. The van der Waals surface area contributed by atoms with Crippen molar-refractivity contribution >= 4 is 0 Å². The highest BCUT2D eigenvalue weighted by molar-refractivity contribution is 4.70. The van der Waals surface area contributed by atoms with E-state index in [9.17, 15) is 0 Å². The van der Waals surface area contributed by atoms with Crippen molar-refractivity contribution in [2.45, 2.75) is 0 Å². The molecule has 0 bridgehead atoms. The van der Waals surface area contributed by atoms with Gasteiger partial charge in [0.05, 0.1) is 0 Å². The molecule has 1 aromatic rings. The van der Waals surface area contributed by atoms with Gasteiger partial charge < -0.3 is 0 Å². The maximum atomic E-state index is 3.72. The Morgan fingerprint density at radius 2 is 1.00 bits per heavy atom. The molecule has 0 aliphatic rings. The van der Waals surface area contributed by atoms with E-state index in [1.54, 1.807) is 24.8 Å². The van der Waals surface area contributed by atoms with Crippen molar-refractivity contribution in [2.75, 3.05) is 0 Å². The molecule has 3 radical (unpaired) electrons. The molecule has 0 fully saturated rings. The number of hydrogen-bond donors (Lipinski definition) is 0. The highest BCUT2D eigenvalue weighted by Gasteiger charge is 1.59. The lowest BCUT2D eigenvalue weighted by Crippen LogP contribution is -1.66. The molecule has 0 aliphatic heterocycles. The zero-order valence-electron chi connectivity index (χ0n) is 3.78. The monoisotopic (exact) mass is 93.0 g/mol. The van der Waals surface area contributed by atoms with Crippen LogP contribution in [0.5, 0.6) is 0 Å². The third-order valence-corrected chi connectivity index (χ3v) is 0.478. The van der Waals surface area contributed by atoms with Crippen LogP contribution in [-0.4, -0.2) is 9.97 Å². The van der Waals surface area contributed by atoms with Crippen LogP contribution in [0.25, 0.3) is 0 Å². The molecular weight excluding hydrogens is 88.1 g/mol. The molecule has 0 aliphatic carbocycles. The maximum Gasteiger partial charge on any atom is 0.0451 e. The van der Waals surface area contributed by atoms with Crippen LogP contribution in [-0.2, 0) is 0 Å². The fourth-order valence-corrected chi connectivity index (χ4v) is 0.253. The van der Waals surface area contributed by atoms with E-state index in [4.69, 9.17) is 0 Å². The largest absolute Gasteiger partial charge is 0.262 e. The Morgan fingerprint density at radius 3 is 1.14 bits per heavy atom. The molecule has 0 atom stereocenters. The van der Waals surface area contributed by atoms with Crippen LogP contribution in [0.2, 0.25) is 0 Å². The Morgan fingerprint density at radius 1 is 0.714 bits per heavy atom. The lowest BCUT2D eigenvalue weighted by Gasteiger charge is -1.70. The van der Waals surface area contributed by atoms with Crippen molar-refractivity contribution in [1.82, 2.24) is 9.97 Å². The fraction of sp³-hybridized carbons (Fsp3) is 0. The Labute approximate surface area is 43.2 Å². The van der Waals surface area contributed by atoms with Gasteiger partial charge in [-0.05, 0) is 7.43 Å². The van der Waals surface area contributed by atoms with Gasteiger partial charge in [-0.3, -0.25) is 9.97 Å². The molecule has 0 saturated carbocycles. The summed E-state index contributed by atoms with van der Waals surface area (Å²) >= 11 is 0. The number of nitrogens with zero attached hydrogens (tertiary/aromatic N) is 2. The SMILES string of the molecule is [CH].c1cnccn1. The minimum absolute atomic E-state index is 0. The molecule has 0 amide bonds. The van der Waals surface area contributed by atoms with Crippen molar-refractivity contribution in [2.24, 2.45) is 0 Å². The standard InChI is InChI=1S/C4H4N2.CH/c1-2-6-4-3-5-1;/h1-4H;1H. The van der Waals surface area contributed by atoms with Gasteiger partial charge in [0, 0.05) is 24.8 Å². The van der Waals surface area contributed by atoms with E-state index in [0.29, 0.717) is 0 Å². The van der Waals surface area contributed by atoms with Gasteiger partial charge in [0.2, 0.25) is 0 Å². The highest BCUT2D eigenvalue weighted by Crippen LogP contribution is 1.65. The van der Waals surface area contributed by atoms with Gasteiger partial charge >= 0.3 is 0 Å². The zero-order chi connectivity index (χ0) is 4.24. The Hall–Kier alpha value is -0.920. The first-order valence-corrected chi connectivity index (χ1v) is 1.70. The first-order valence-electron chi connectivity index (χ1n) is 1.70. The van der Waals surface area contributed by atoms with Gasteiger partial charge in [-0.2, -0.15) is 0 Å². The molecule has 1 rings (SSSR count). The van der Waals surface area contributed by atoms with Crippen LogP contribution in [0.3, 0.4) is 0 Å². The second kappa shape index (κ2) is 3.28. The second-order valence-electron chi connectivity index (χ2n) is 0.894. The predicted molar refractivity (Wildman–Crippen MR) is 26.3 cm³/mol. The summed E-state index contributed by atoms with van der Waals surface area (Å²) in [5.41, 5.74) is 0. The van der Waals surface area contributed by atoms with Crippen LogP contribution >= 0.6 is 0 Å². The summed E-state index contributed by atoms with van der Waals surface area (Å²) in [6, 6.07) is 0. The normalized spacial score (nSPS) is 6.86. The van der Waals surface area contributed by atoms with Crippen LogP contribution in [0.4, 0.5) is 0 Å². The van der Waals surface area contributed by atoms with E-state index in [-0.39, 0.29) is 7.43 Å². The number of aromatic nitrogens is 2. The second-order valence-corrected chi connectivity index (χ2v) is 0.894. The molecule has 2 heteroatoms. The van der Waals surface area contributed by atoms with Gasteiger partial charge in [-0.25, -0.2) is 0 Å². The van der Waals surface area contributed by atoms with Crippen LogP contribution in [0, 0.1) is 7.43 Å². The third-order valence-electron chi connectivity index (χ3n) is 0.478. The molecule has 1 aromatic heterocycles. The lowest BCUT2D eigenvalue weighted by atomic mass is 10.8. The molecule has 7 heavy (non-hydrogen) atoms. The summed E-state index contributed by atoms with van der Waals surface area (Å²) in [4.78, 5) is 7.44. The zero-order valence-corrected chi connectivity index (χ0v) is 3.78. The highest BCUT2D eigenvalue weighted by atomic mass is 14.7. The summed E-state index contributed by atoms with van der Waals surface area (Å²) in [5, 5.41) is 0. The minimum atomic E-state index is 0. The summed E-state index contributed by atoms with van der Waals surface area (Å²) in [7, 11) is 0. The van der Waals surface area contributed by atoms with E-state index in [1.807, 2.05) is 0 Å². The average molecular weight is 93.1 g/mol. The lowest BCUT2D eigenvalue weighted by molar-refractivity contribution is 1.20. The summed E-state index contributed by atoms with van der Waals surface area (Å²) in [5.74, 6) is 0. The number of hydrogen-bond acceptors (Lipinski definition) is 2. The van der Waals surface area contributed by atoms with Gasteiger partial charge in [-0.1, -0.05) is 0 Å². The third kappa shape index (κ3) is 1.87. The molecule has 0 spiro atoms. The van der Waals surface area contributed by atoms with Crippen LogP contribution in [0.1, 0.15) is 0 Å². The Kier molecular flexibility index (Phi) is 2.85. The van der Waals surface area contributed by atoms with E-state index in [2.05, 4.69) is 9.97 Å². The topological polar surface area (TPSA) is 25.8 Å². The molecule has 0 N–H and O–H groups in total. The quantitative estimate of drug-likeness (QED) is 0.471. The van der Waals surface area contributed by atoms with Gasteiger partial charge in [0.25, 0.3) is 0 Å². The van der Waals surface area contributed by atoms with Crippen molar-refractivity contribution < 1.29 is 0 Å². The van der Waals surface area contributed by atoms with E-state index >= 15 is 0 Å². The first-order chi connectivity index (χ1) is 3.00. The van der Waals surface area contributed by atoms with Crippen molar-refractivity contribution in [3.8, 4) is 0 Å². The average Bonchev–Trinajstić information content (AvgIpc) is 1.72. The summed E-state index contributed by atoms with van der Waals surface area (Å²) < 4.78 is 0. The maximum absolute atomic E-state index is 3.72. The minimum Gasteiger partial charge on any atom is -0.262 e. The van der Waals surface area contributed by atoms with Crippen molar-refractivity contribution in [3.05, 3.63) is 32.2 Å². The molecular formula is C5H5N2. The smallest absolute Gasteiger partial charge is 0.0451 e. The van der Waals surface area contributed by atoms with Crippen LogP contribution < -0.4 is 0 Å².